The molecule has 0 radical (unpaired) electrons. The molecule has 100 valence electrons. The molecule has 1 amide bonds. The van der Waals surface area contributed by atoms with Crippen LogP contribution in [0.4, 0.5) is 5.69 Å². The molecule has 0 bridgehead atoms. The van der Waals surface area contributed by atoms with E-state index in [4.69, 9.17) is 22.6 Å². The molecule has 0 saturated heterocycles. The van der Waals surface area contributed by atoms with Gasteiger partial charge in [-0.2, -0.15) is 5.26 Å². The smallest absolute Gasteiger partial charge is 0.248 e. The Kier molecular flexibility index (Phi) is 4.24. The van der Waals surface area contributed by atoms with E-state index in [2.05, 4.69) is 5.32 Å². The zero-order valence-electron chi connectivity index (χ0n) is 10.6. The molecule has 0 spiro atoms. The van der Waals surface area contributed by atoms with Crippen LogP contribution in [0.2, 0.25) is 5.02 Å². The number of nitrogens with one attached hydrogen (secondary N) is 1. The number of rotatable bonds is 4. The van der Waals surface area contributed by atoms with E-state index < -0.39 is 5.91 Å². The topological polar surface area (TPSA) is 78.9 Å². The first-order valence-electron chi connectivity index (χ1n) is 5.92. The molecule has 0 aliphatic rings. The van der Waals surface area contributed by atoms with E-state index in [0.29, 0.717) is 22.7 Å². The lowest BCUT2D eigenvalue weighted by atomic mass is 10.1. The number of nitrogens with zero attached hydrogens (tertiary/aromatic N) is 1. The Bertz CT molecular complexity index is 692. The summed E-state index contributed by atoms with van der Waals surface area (Å²) in [6.07, 6.45) is 0. The third-order valence-corrected chi connectivity index (χ3v) is 3.11. The molecule has 5 heteroatoms. The molecule has 0 heterocycles. The zero-order valence-corrected chi connectivity index (χ0v) is 11.3. The highest BCUT2D eigenvalue weighted by molar-refractivity contribution is 6.33. The molecule has 0 aliphatic carbocycles. The van der Waals surface area contributed by atoms with Crippen molar-refractivity contribution in [2.24, 2.45) is 5.73 Å². The van der Waals surface area contributed by atoms with Gasteiger partial charge in [-0.1, -0.05) is 23.7 Å². The lowest BCUT2D eigenvalue weighted by Crippen LogP contribution is -2.11. The number of hydrogen-bond donors (Lipinski definition) is 2. The van der Waals surface area contributed by atoms with Crippen molar-refractivity contribution in [1.82, 2.24) is 0 Å². The molecule has 0 aromatic heterocycles. The van der Waals surface area contributed by atoms with Crippen LogP contribution in [0, 0.1) is 11.3 Å². The molecule has 0 unspecified atom stereocenters. The number of nitrogens with two attached hydrogens (primary N) is 1. The summed E-state index contributed by atoms with van der Waals surface area (Å²) < 4.78 is 0. The van der Waals surface area contributed by atoms with Crippen LogP contribution >= 0.6 is 11.6 Å². The van der Waals surface area contributed by atoms with Gasteiger partial charge in [-0.3, -0.25) is 4.79 Å². The van der Waals surface area contributed by atoms with Crippen molar-refractivity contribution in [2.45, 2.75) is 6.54 Å². The SMILES string of the molecule is N#Cc1ccc(NCc2cccc(C(N)=O)c2)c(Cl)c1. The number of nitriles is 1. The van der Waals surface area contributed by atoms with Crippen molar-refractivity contribution in [3.8, 4) is 6.07 Å². The maximum atomic E-state index is 11.1. The molecule has 3 N–H and O–H groups in total. The second-order valence-corrected chi connectivity index (χ2v) is 4.63. The Morgan fingerprint density at radius 1 is 1.30 bits per heavy atom. The van der Waals surface area contributed by atoms with E-state index in [1.807, 2.05) is 12.1 Å². The Hall–Kier alpha value is -2.51. The minimum absolute atomic E-state index is 0.455. The summed E-state index contributed by atoms with van der Waals surface area (Å²) in [6.45, 7) is 0.507. The third-order valence-electron chi connectivity index (χ3n) is 2.79. The number of carbonyl (C=O) groups is 1. The van der Waals surface area contributed by atoms with Gasteiger partial charge >= 0.3 is 0 Å². The van der Waals surface area contributed by atoms with Crippen LogP contribution in [0.3, 0.4) is 0 Å². The van der Waals surface area contributed by atoms with Gasteiger partial charge in [0.1, 0.15) is 0 Å². The second kappa shape index (κ2) is 6.09. The quantitative estimate of drug-likeness (QED) is 0.906. The van der Waals surface area contributed by atoms with Gasteiger partial charge in [0.15, 0.2) is 0 Å². The van der Waals surface area contributed by atoms with Crippen LogP contribution in [-0.2, 0) is 6.54 Å². The minimum atomic E-state index is -0.455. The van der Waals surface area contributed by atoms with Gasteiger partial charge in [-0.25, -0.2) is 0 Å². The van der Waals surface area contributed by atoms with Gasteiger partial charge in [0.2, 0.25) is 5.91 Å². The fraction of sp³-hybridized carbons (Fsp3) is 0.0667. The number of carbonyl (C=O) groups excluding carboxylic acids is 1. The predicted octanol–water partition coefficient (Wildman–Crippen LogP) is 2.92. The van der Waals surface area contributed by atoms with Crippen LogP contribution in [0.15, 0.2) is 42.5 Å². The zero-order chi connectivity index (χ0) is 14.5. The van der Waals surface area contributed by atoms with E-state index in [1.165, 1.54) is 0 Å². The molecule has 2 rings (SSSR count). The summed E-state index contributed by atoms with van der Waals surface area (Å²) in [6, 6.07) is 14.1. The molecule has 0 fully saturated rings. The van der Waals surface area contributed by atoms with E-state index in [-0.39, 0.29) is 0 Å². The minimum Gasteiger partial charge on any atom is -0.380 e. The number of halogens is 1. The fourth-order valence-electron chi connectivity index (χ4n) is 1.76. The van der Waals surface area contributed by atoms with Gasteiger partial charge in [0.05, 0.1) is 22.3 Å². The van der Waals surface area contributed by atoms with Crippen molar-refractivity contribution in [1.29, 1.82) is 5.26 Å². The summed E-state index contributed by atoms with van der Waals surface area (Å²) >= 11 is 6.07. The van der Waals surface area contributed by atoms with Crippen LogP contribution in [-0.4, -0.2) is 5.91 Å². The Balaban J connectivity index is 2.11. The largest absolute Gasteiger partial charge is 0.380 e. The normalized spacial score (nSPS) is 9.80. The Labute approximate surface area is 121 Å². The first-order chi connectivity index (χ1) is 9.60. The number of benzene rings is 2. The van der Waals surface area contributed by atoms with E-state index in [1.54, 1.807) is 36.4 Å². The molecular formula is C15H12ClN3O. The van der Waals surface area contributed by atoms with E-state index in [0.717, 1.165) is 11.3 Å². The summed E-state index contributed by atoms with van der Waals surface area (Å²) in [5, 5.41) is 12.4. The highest BCUT2D eigenvalue weighted by atomic mass is 35.5. The first kappa shape index (κ1) is 13.9. The second-order valence-electron chi connectivity index (χ2n) is 4.22. The van der Waals surface area contributed by atoms with Crippen LogP contribution in [0.25, 0.3) is 0 Å². The number of amides is 1. The molecule has 20 heavy (non-hydrogen) atoms. The number of primary amides is 1. The van der Waals surface area contributed by atoms with E-state index in [9.17, 15) is 4.79 Å². The lowest BCUT2D eigenvalue weighted by Gasteiger charge is -2.09. The van der Waals surface area contributed by atoms with Gasteiger partial charge in [0, 0.05) is 12.1 Å². The van der Waals surface area contributed by atoms with Gasteiger partial charge in [-0.15, -0.1) is 0 Å². The number of hydrogen-bond acceptors (Lipinski definition) is 3. The number of anilines is 1. The van der Waals surface area contributed by atoms with Gasteiger partial charge in [-0.05, 0) is 35.9 Å². The van der Waals surface area contributed by atoms with Crippen LogP contribution in [0.1, 0.15) is 21.5 Å². The molecule has 0 atom stereocenters. The van der Waals surface area contributed by atoms with Crippen LogP contribution in [0.5, 0.6) is 0 Å². The van der Waals surface area contributed by atoms with Crippen molar-refractivity contribution >= 4 is 23.2 Å². The maximum absolute atomic E-state index is 11.1. The maximum Gasteiger partial charge on any atom is 0.248 e. The molecular weight excluding hydrogens is 274 g/mol. The highest BCUT2D eigenvalue weighted by Crippen LogP contribution is 2.23. The highest BCUT2D eigenvalue weighted by Gasteiger charge is 2.04. The monoisotopic (exact) mass is 285 g/mol. The van der Waals surface area contributed by atoms with Gasteiger partial charge < -0.3 is 11.1 Å². The fourth-order valence-corrected chi connectivity index (χ4v) is 2.01. The van der Waals surface area contributed by atoms with Crippen molar-refractivity contribution in [3.63, 3.8) is 0 Å². The summed E-state index contributed by atoms with van der Waals surface area (Å²) in [7, 11) is 0. The van der Waals surface area contributed by atoms with Gasteiger partial charge in [0.25, 0.3) is 0 Å². The third kappa shape index (κ3) is 3.28. The standard InChI is InChI=1S/C15H12ClN3O/c16-13-7-10(8-17)4-5-14(13)19-9-11-2-1-3-12(6-11)15(18)20/h1-7,19H,9H2,(H2,18,20). The average molecular weight is 286 g/mol. The van der Waals surface area contributed by atoms with Crippen molar-refractivity contribution < 1.29 is 4.79 Å². The lowest BCUT2D eigenvalue weighted by molar-refractivity contribution is 0.1000. The average Bonchev–Trinajstić information content (AvgIpc) is 2.46. The Morgan fingerprint density at radius 3 is 2.75 bits per heavy atom. The molecule has 0 aliphatic heterocycles. The summed E-state index contributed by atoms with van der Waals surface area (Å²) in [5.41, 5.74) is 7.86. The molecule has 2 aromatic rings. The molecule has 2 aromatic carbocycles. The molecule has 4 nitrogen and oxygen atoms in total. The summed E-state index contributed by atoms with van der Waals surface area (Å²) in [5.74, 6) is -0.455. The van der Waals surface area contributed by atoms with Crippen molar-refractivity contribution in [2.75, 3.05) is 5.32 Å². The van der Waals surface area contributed by atoms with Crippen molar-refractivity contribution in [3.05, 3.63) is 64.2 Å². The Morgan fingerprint density at radius 2 is 2.10 bits per heavy atom. The predicted molar refractivity (Wildman–Crippen MR) is 78.5 cm³/mol. The van der Waals surface area contributed by atoms with E-state index >= 15 is 0 Å². The molecule has 0 saturated carbocycles. The first-order valence-corrected chi connectivity index (χ1v) is 6.30. The van der Waals surface area contributed by atoms with Crippen LogP contribution < -0.4 is 11.1 Å². The summed E-state index contributed by atoms with van der Waals surface area (Å²) in [4.78, 5) is 11.1.